The minimum atomic E-state index is -0.310. The molecule has 2 rings (SSSR count). The third-order valence-corrected chi connectivity index (χ3v) is 6.50. The molecule has 1 nitrogen and oxygen atoms in total. The smallest absolute Gasteiger partial charge is 0.137 e. The van der Waals surface area contributed by atoms with Crippen molar-refractivity contribution in [2.24, 2.45) is 0 Å². The van der Waals surface area contributed by atoms with Crippen molar-refractivity contribution in [2.75, 3.05) is 0 Å². The van der Waals surface area contributed by atoms with Crippen LogP contribution in [0.15, 0.2) is 40.8 Å². The maximum atomic E-state index is 6.65. The van der Waals surface area contributed by atoms with Crippen LogP contribution in [-0.4, -0.2) is 10.9 Å². The summed E-state index contributed by atoms with van der Waals surface area (Å²) in [6, 6.07) is 4.65. The summed E-state index contributed by atoms with van der Waals surface area (Å²) in [6.45, 7) is 22.4. The van der Waals surface area contributed by atoms with Gasteiger partial charge in [0.25, 0.3) is 0 Å². The lowest BCUT2D eigenvalue weighted by molar-refractivity contribution is 0.131. The highest BCUT2D eigenvalue weighted by atomic mass is 32.2. The predicted octanol–water partition coefficient (Wildman–Crippen LogP) is 7.44. The number of hydrogen-bond acceptors (Lipinski definition) is 2. The lowest BCUT2D eigenvalue weighted by atomic mass is 9.80. The second kappa shape index (κ2) is 7.11. The molecule has 1 aliphatic rings. The highest BCUT2D eigenvalue weighted by molar-refractivity contribution is 8.00. The molecule has 0 fully saturated rings. The normalized spacial score (nSPS) is 23.5. The van der Waals surface area contributed by atoms with Gasteiger partial charge < -0.3 is 4.74 Å². The minimum Gasteiger partial charge on any atom is -0.481 e. The molecule has 0 spiro atoms. The van der Waals surface area contributed by atoms with Crippen LogP contribution in [0.5, 0.6) is 5.75 Å². The van der Waals surface area contributed by atoms with Crippen LogP contribution < -0.4 is 4.74 Å². The van der Waals surface area contributed by atoms with Gasteiger partial charge in [-0.25, -0.2) is 0 Å². The fraction of sp³-hybridized carbons (Fsp3) is 0.583. The van der Waals surface area contributed by atoms with E-state index in [9.17, 15) is 0 Å². The molecule has 2 atom stereocenters. The van der Waals surface area contributed by atoms with E-state index in [-0.39, 0.29) is 16.4 Å². The van der Waals surface area contributed by atoms with Gasteiger partial charge in [-0.2, -0.15) is 0 Å². The fourth-order valence-corrected chi connectivity index (χ4v) is 4.43. The third kappa shape index (κ3) is 4.57. The van der Waals surface area contributed by atoms with Crippen molar-refractivity contribution in [1.82, 2.24) is 0 Å². The van der Waals surface area contributed by atoms with Crippen molar-refractivity contribution in [3.05, 3.63) is 47.1 Å². The molecule has 0 saturated heterocycles. The Morgan fingerprint density at radius 2 is 1.69 bits per heavy atom. The summed E-state index contributed by atoms with van der Waals surface area (Å²) in [7, 11) is 0. The first-order valence-electron chi connectivity index (χ1n) is 9.61. The van der Waals surface area contributed by atoms with E-state index in [4.69, 9.17) is 4.74 Å². The molecule has 0 aliphatic carbocycles. The molecule has 0 saturated carbocycles. The summed E-state index contributed by atoms with van der Waals surface area (Å²) in [5, 5.41) is 0.346. The Morgan fingerprint density at radius 3 is 2.19 bits per heavy atom. The molecular weight excluding hydrogens is 336 g/mol. The fourth-order valence-electron chi connectivity index (χ4n) is 3.00. The zero-order chi connectivity index (χ0) is 19.9. The van der Waals surface area contributed by atoms with Gasteiger partial charge in [0, 0.05) is 0 Å². The van der Waals surface area contributed by atoms with Crippen molar-refractivity contribution in [3.8, 4) is 5.75 Å². The first-order valence-corrected chi connectivity index (χ1v) is 10.5. The van der Waals surface area contributed by atoms with E-state index in [2.05, 4.69) is 99.6 Å². The van der Waals surface area contributed by atoms with E-state index in [1.165, 1.54) is 21.6 Å². The van der Waals surface area contributed by atoms with Crippen molar-refractivity contribution in [1.29, 1.82) is 0 Å². The average molecular weight is 373 g/mol. The van der Waals surface area contributed by atoms with E-state index in [1.807, 2.05) is 11.8 Å². The monoisotopic (exact) mass is 372 g/mol. The zero-order valence-corrected chi connectivity index (χ0v) is 19.1. The van der Waals surface area contributed by atoms with E-state index < -0.39 is 0 Å². The molecule has 26 heavy (non-hydrogen) atoms. The molecule has 0 N–H and O–H groups in total. The quantitative estimate of drug-likeness (QED) is 0.499. The average Bonchev–Trinajstić information content (AvgIpc) is 2.45. The molecule has 0 radical (unpaired) electrons. The predicted molar refractivity (Wildman–Crippen MR) is 117 cm³/mol. The van der Waals surface area contributed by atoms with Crippen LogP contribution in [-0.2, 0) is 10.8 Å². The Labute approximate surface area is 165 Å². The number of benzene rings is 1. The Bertz CT molecular complexity index is 724. The summed E-state index contributed by atoms with van der Waals surface area (Å²) in [5.74, 6) is 1.04. The molecule has 1 aliphatic heterocycles. The number of ether oxygens (including phenoxy) is 1. The molecule has 0 amide bonds. The maximum absolute atomic E-state index is 6.65. The van der Waals surface area contributed by atoms with Gasteiger partial charge in [0.2, 0.25) is 0 Å². The van der Waals surface area contributed by atoms with Gasteiger partial charge in [-0.3, -0.25) is 0 Å². The molecule has 0 bridgehead atoms. The van der Waals surface area contributed by atoms with Crippen LogP contribution in [0.2, 0.25) is 0 Å². The maximum Gasteiger partial charge on any atom is 0.137 e. The van der Waals surface area contributed by atoms with Gasteiger partial charge in [0.05, 0.1) is 10.1 Å². The van der Waals surface area contributed by atoms with Crippen molar-refractivity contribution >= 4 is 11.8 Å². The lowest BCUT2D eigenvalue weighted by Crippen LogP contribution is -2.42. The van der Waals surface area contributed by atoms with Crippen LogP contribution in [0, 0.1) is 0 Å². The van der Waals surface area contributed by atoms with Crippen molar-refractivity contribution < 1.29 is 4.74 Å². The molecule has 0 aromatic heterocycles. The summed E-state index contributed by atoms with van der Waals surface area (Å²) in [5.41, 5.74) is 3.91. The second-order valence-corrected chi connectivity index (χ2v) is 11.4. The van der Waals surface area contributed by atoms with E-state index in [0.29, 0.717) is 5.25 Å². The third-order valence-electron chi connectivity index (χ3n) is 5.02. The van der Waals surface area contributed by atoms with Crippen molar-refractivity contribution in [2.45, 2.75) is 95.8 Å². The molecule has 144 valence electrons. The first kappa shape index (κ1) is 21.2. The summed E-state index contributed by atoms with van der Waals surface area (Å²) in [6.07, 6.45) is 6.49. The van der Waals surface area contributed by atoms with Gasteiger partial charge >= 0.3 is 0 Å². The lowest BCUT2D eigenvalue weighted by Gasteiger charge is -2.41. The van der Waals surface area contributed by atoms with Gasteiger partial charge in [-0.05, 0) is 61.8 Å². The number of allylic oxidation sites excluding steroid dienone is 3. The first-order chi connectivity index (χ1) is 11.7. The molecule has 1 aromatic carbocycles. The van der Waals surface area contributed by atoms with Crippen LogP contribution in [0.25, 0.3) is 0 Å². The topological polar surface area (TPSA) is 9.23 Å². The highest BCUT2D eigenvalue weighted by Crippen LogP contribution is 2.50. The van der Waals surface area contributed by atoms with E-state index in [1.54, 1.807) is 0 Å². The Balaban J connectivity index is 2.58. The van der Waals surface area contributed by atoms with Crippen LogP contribution >= 0.6 is 11.8 Å². The van der Waals surface area contributed by atoms with E-state index >= 15 is 0 Å². The van der Waals surface area contributed by atoms with Gasteiger partial charge in [0.15, 0.2) is 0 Å². The highest BCUT2D eigenvalue weighted by Gasteiger charge is 2.39. The molecular formula is C24H36OS. The van der Waals surface area contributed by atoms with Crippen molar-refractivity contribution in [3.63, 3.8) is 0 Å². The Morgan fingerprint density at radius 1 is 1.08 bits per heavy atom. The molecule has 1 heterocycles. The number of rotatable bonds is 2. The second-order valence-electron chi connectivity index (χ2n) is 10.0. The molecule has 0 unspecified atom stereocenters. The zero-order valence-electron chi connectivity index (χ0n) is 18.3. The van der Waals surface area contributed by atoms with Crippen LogP contribution in [0.1, 0.15) is 80.4 Å². The number of thioether (sulfide) groups is 1. The summed E-state index contributed by atoms with van der Waals surface area (Å²) >= 11 is 1.95. The molecule has 2 heteroatoms. The summed E-state index contributed by atoms with van der Waals surface area (Å²) in [4.78, 5) is 1.31. The number of hydrogen-bond donors (Lipinski definition) is 0. The Kier molecular flexibility index (Phi) is 5.78. The van der Waals surface area contributed by atoms with Crippen LogP contribution in [0.3, 0.4) is 0 Å². The number of fused-ring (bicyclic) bond motifs is 1. The van der Waals surface area contributed by atoms with Gasteiger partial charge in [-0.15, -0.1) is 11.8 Å². The largest absolute Gasteiger partial charge is 0.481 e. The minimum absolute atomic E-state index is 0.0903. The Hall–Kier alpha value is -1.15. The summed E-state index contributed by atoms with van der Waals surface area (Å²) < 4.78 is 6.65. The standard InChI is InChI=1S/C24H36OS/c1-16(2)12-11-13-24(10)17(3)26-21-19(23(7,8)9)14-18(22(4,5)6)15-20(21)25-24/h11-15,17H,1-10H3/b13-11-/t17-,24+/m0/s1. The van der Waals surface area contributed by atoms with Gasteiger partial charge in [-0.1, -0.05) is 65.3 Å². The molecule has 1 aromatic rings. The van der Waals surface area contributed by atoms with E-state index in [0.717, 1.165) is 5.75 Å². The van der Waals surface area contributed by atoms with Gasteiger partial charge in [0.1, 0.15) is 11.4 Å². The van der Waals surface area contributed by atoms with Crippen LogP contribution in [0.4, 0.5) is 0 Å². The SMILES string of the molecule is CC(C)=C/C=C\[C@@]1(C)Oc2cc(C(C)(C)C)cc(C(C)(C)C)c2S[C@H]1C.